The van der Waals surface area contributed by atoms with E-state index in [1.165, 1.54) is 11.3 Å². The smallest absolute Gasteiger partial charge is 0.345 e. The predicted octanol–water partition coefficient (Wildman–Crippen LogP) is 2.30. The van der Waals surface area contributed by atoms with Gasteiger partial charge in [0.2, 0.25) is 0 Å². The van der Waals surface area contributed by atoms with E-state index < -0.39 is 5.97 Å². The standard InChI is InChI=1S/C11H13NO2S/c1-3-7-12(8-4-2)10-6-5-9(15-10)11(13)14/h1,5-6H,4,7-8H2,2H3,(H,13,14). The highest BCUT2D eigenvalue weighted by Gasteiger charge is 2.11. The Morgan fingerprint density at radius 3 is 2.87 bits per heavy atom. The number of carboxylic acids is 1. The number of hydrogen-bond donors (Lipinski definition) is 1. The monoisotopic (exact) mass is 223 g/mol. The second-order valence-electron chi connectivity index (χ2n) is 3.07. The number of hydrogen-bond acceptors (Lipinski definition) is 3. The first kappa shape index (κ1) is 11.6. The van der Waals surface area contributed by atoms with Crippen LogP contribution in [0.15, 0.2) is 12.1 Å². The minimum atomic E-state index is -0.886. The van der Waals surface area contributed by atoms with Crippen molar-refractivity contribution in [2.24, 2.45) is 0 Å². The van der Waals surface area contributed by atoms with Gasteiger partial charge in [-0.15, -0.1) is 17.8 Å². The molecule has 1 N–H and O–H groups in total. The lowest BCUT2D eigenvalue weighted by molar-refractivity contribution is 0.0702. The van der Waals surface area contributed by atoms with Crippen molar-refractivity contribution in [3.8, 4) is 12.3 Å². The molecule has 0 fully saturated rings. The van der Waals surface area contributed by atoms with Gasteiger partial charge in [-0.05, 0) is 18.6 Å². The molecule has 1 aromatic heterocycles. The number of carbonyl (C=O) groups is 1. The third-order valence-corrected chi connectivity index (χ3v) is 3.02. The quantitative estimate of drug-likeness (QED) is 0.779. The van der Waals surface area contributed by atoms with Crippen LogP contribution in [-0.2, 0) is 0 Å². The molecule has 0 aromatic carbocycles. The van der Waals surface area contributed by atoms with Crippen LogP contribution in [0, 0.1) is 12.3 Å². The van der Waals surface area contributed by atoms with Crippen molar-refractivity contribution in [1.82, 2.24) is 0 Å². The minimum Gasteiger partial charge on any atom is -0.477 e. The van der Waals surface area contributed by atoms with E-state index in [1.807, 2.05) is 4.90 Å². The van der Waals surface area contributed by atoms with Crippen molar-refractivity contribution in [2.45, 2.75) is 13.3 Å². The van der Waals surface area contributed by atoms with Gasteiger partial charge in [0.25, 0.3) is 0 Å². The predicted molar refractivity (Wildman–Crippen MR) is 62.6 cm³/mol. The first-order valence-corrected chi connectivity index (χ1v) is 5.52. The number of aromatic carboxylic acids is 1. The zero-order valence-electron chi connectivity index (χ0n) is 8.56. The molecule has 0 saturated carbocycles. The van der Waals surface area contributed by atoms with Crippen LogP contribution >= 0.6 is 11.3 Å². The zero-order chi connectivity index (χ0) is 11.3. The topological polar surface area (TPSA) is 40.5 Å². The summed E-state index contributed by atoms with van der Waals surface area (Å²) < 4.78 is 0. The average Bonchev–Trinajstić information content (AvgIpc) is 2.66. The number of terminal acetylenes is 1. The van der Waals surface area contributed by atoms with Gasteiger partial charge < -0.3 is 10.0 Å². The number of anilines is 1. The molecule has 1 heterocycles. The van der Waals surface area contributed by atoms with Gasteiger partial charge in [-0.3, -0.25) is 0 Å². The summed E-state index contributed by atoms with van der Waals surface area (Å²) in [6.07, 6.45) is 6.25. The largest absolute Gasteiger partial charge is 0.477 e. The summed E-state index contributed by atoms with van der Waals surface area (Å²) in [5.41, 5.74) is 0. The Balaban J connectivity index is 2.82. The van der Waals surface area contributed by atoms with Gasteiger partial charge in [-0.1, -0.05) is 12.8 Å². The van der Waals surface area contributed by atoms with E-state index in [2.05, 4.69) is 12.8 Å². The highest BCUT2D eigenvalue weighted by Crippen LogP contribution is 2.25. The van der Waals surface area contributed by atoms with Crippen LogP contribution < -0.4 is 4.90 Å². The average molecular weight is 223 g/mol. The van der Waals surface area contributed by atoms with Gasteiger partial charge in [-0.25, -0.2) is 4.79 Å². The molecule has 0 atom stereocenters. The molecule has 80 valence electrons. The van der Waals surface area contributed by atoms with Gasteiger partial charge in [0.1, 0.15) is 4.88 Å². The Hall–Kier alpha value is -1.47. The fourth-order valence-corrected chi connectivity index (χ4v) is 2.13. The molecule has 0 aliphatic carbocycles. The van der Waals surface area contributed by atoms with Gasteiger partial charge in [0.05, 0.1) is 11.5 Å². The van der Waals surface area contributed by atoms with Crippen LogP contribution in [-0.4, -0.2) is 24.2 Å². The van der Waals surface area contributed by atoms with Crippen molar-refractivity contribution in [3.63, 3.8) is 0 Å². The molecule has 0 radical (unpaired) electrons. The summed E-state index contributed by atoms with van der Waals surface area (Å²) >= 11 is 1.26. The van der Waals surface area contributed by atoms with Crippen molar-refractivity contribution in [2.75, 3.05) is 18.0 Å². The van der Waals surface area contributed by atoms with Crippen molar-refractivity contribution < 1.29 is 9.90 Å². The molecule has 0 saturated heterocycles. The Bertz CT molecular complexity index is 378. The summed E-state index contributed by atoms with van der Waals surface area (Å²) in [5.74, 6) is 1.69. The molecule has 0 amide bonds. The second kappa shape index (κ2) is 5.42. The Morgan fingerprint density at radius 2 is 2.40 bits per heavy atom. The minimum absolute atomic E-state index is 0.350. The summed E-state index contributed by atoms with van der Waals surface area (Å²) in [4.78, 5) is 13.1. The molecule has 0 bridgehead atoms. The van der Waals surface area contributed by atoms with Crippen molar-refractivity contribution >= 4 is 22.3 Å². The maximum atomic E-state index is 10.7. The lowest BCUT2D eigenvalue weighted by Crippen LogP contribution is -2.23. The molecule has 0 unspecified atom stereocenters. The Labute approximate surface area is 93.3 Å². The molecule has 15 heavy (non-hydrogen) atoms. The molecule has 0 aliphatic rings. The first-order chi connectivity index (χ1) is 7.19. The van der Waals surface area contributed by atoms with E-state index in [0.717, 1.165) is 18.0 Å². The first-order valence-electron chi connectivity index (χ1n) is 4.70. The van der Waals surface area contributed by atoms with E-state index in [9.17, 15) is 4.79 Å². The molecular formula is C11H13NO2S. The van der Waals surface area contributed by atoms with Crippen LogP contribution in [0.25, 0.3) is 0 Å². The lowest BCUT2D eigenvalue weighted by atomic mass is 10.4. The van der Waals surface area contributed by atoms with E-state index in [0.29, 0.717) is 11.4 Å². The van der Waals surface area contributed by atoms with Crippen LogP contribution in [0.5, 0.6) is 0 Å². The van der Waals surface area contributed by atoms with Crippen LogP contribution in [0.3, 0.4) is 0 Å². The molecule has 1 aromatic rings. The van der Waals surface area contributed by atoms with E-state index in [4.69, 9.17) is 11.5 Å². The van der Waals surface area contributed by atoms with Gasteiger partial charge >= 0.3 is 5.97 Å². The third-order valence-electron chi connectivity index (χ3n) is 1.89. The molecule has 4 heteroatoms. The van der Waals surface area contributed by atoms with Gasteiger partial charge in [-0.2, -0.15) is 0 Å². The fourth-order valence-electron chi connectivity index (χ4n) is 1.26. The molecule has 1 rings (SSSR count). The van der Waals surface area contributed by atoms with E-state index in [-0.39, 0.29) is 0 Å². The van der Waals surface area contributed by atoms with Crippen LogP contribution in [0.1, 0.15) is 23.0 Å². The van der Waals surface area contributed by atoms with Crippen molar-refractivity contribution in [1.29, 1.82) is 0 Å². The molecule has 3 nitrogen and oxygen atoms in total. The maximum Gasteiger partial charge on any atom is 0.345 e. The molecule has 0 spiro atoms. The van der Waals surface area contributed by atoms with Crippen LogP contribution in [0.4, 0.5) is 5.00 Å². The van der Waals surface area contributed by atoms with Crippen molar-refractivity contribution in [3.05, 3.63) is 17.0 Å². The summed E-state index contributed by atoms with van der Waals surface area (Å²) in [6, 6.07) is 3.42. The van der Waals surface area contributed by atoms with E-state index in [1.54, 1.807) is 12.1 Å². The second-order valence-corrected chi connectivity index (χ2v) is 4.13. The Kier molecular flexibility index (Phi) is 4.19. The molecule has 0 aliphatic heterocycles. The highest BCUT2D eigenvalue weighted by atomic mass is 32.1. The number of nitrogens with zero attached hydrogens (tertiary/aromatic N) is 1. The number of thiophene rings is 1. The zero-order valence-corrected chi connectivity index (χ0v) is 9.38. The van der Waals surface area contributed by atoms with Gasteiger partial charge in [0, 0.05) is 6.54 Å². The highest BCUT2D eigenvalue weighted by molar-refractivity contribution is 7.17. The Morgan fingerprint density at radius 1 is 1.67 bits per heavy atom. The lowest BCUT2D eigenvalue weighted by Gasteiger charge is -2.18. The van der Waals surface area contributed by atoms with Crippen LogP contribution in [0.2, 0.25) is 0 Å². The summed E-state index contributed by atoms with van der Waals surface area (Å²) in [5, 5.41) is 9.71. The number of rotatable bonds is 5. The maximum absolute atomic E-state index is 10.7. The molecular weight excluding hydrogens is 210 g/mol. The normalized spacial score (nSPS) is 9.60. The summed E-state index contributed by atoms with van der Waals surface area (Å²) in [6.45, 7) is 3.44. The van der Waals surface area contributed by atoms with Gasteiger partial charge in [0.15, 0.2) is 0 Å². The number of carboxylic acid groups (broad SMARTS) is 1. The van der Waals surface area contributed by atoms with E-state index >= 15 is 0 Å². The SMILES string of the molecule is C#CCN(CCC)c1ccc(C(=O)O)s1. The fraction of sp³-hybridized carbons (Fsp3) is 0.364. The summed E-state index contributed by atoms with van der Waals surface area (Å²) in [7, 11) is 0. The third kappa shape index (κ3) is 3.00.